The number of aryl methyl sites for hydroxylation is 1. The molecule has 4 nitrogen and oxygen atoms in total. The lowest BCUT2D eigenvalue weighted by Gasteiger charge is -1.98. The van der Waals surface area contributed by atoms with Crippen molar-refractivity contribution in [3.05, 3.63) is 23.9 Å². The summed E-state index contributed by atoms with van der Waals surface area (Å²) in [4.78, 5) is 13.9. The lowest BCUT2D eigenvalue weighted by atomic mass is 10.4. The largest absolute Gasteiger partial charge is 0.278 e. The van der Waals surface area contributed by atoms with Crippen LogP contribution in [0, 0.1) is 6.92 Å². The summed E-state index contributed by atoms with van der Waals surface area (Å²) in [6.45, 7) is 5.79. The van der Waals surface area contributed by atoms with Crippen molar-refractivity contribution in [2.24, 2.45) is 0 Å². The van der Waals surface area contributed by atoms with E-state index in [4.69, 9.17) is 0 Å². The molecule has 14 heavy (non-hydrogen) atoms. The first-order chi connectivity index (χ1) is 6.74. The van der Waals surface area contributed by atoms with Crippen molar-refractivity contribution >= 4 is 17.4 Å². The Morgan fingerprint density at radius 2 is 2.07 bits per heavy atom. The van der Waals surface area contributed by atoms with Gasteiger partial charge in [-0.2, -0.15) is 0 Å². The van der Waals surface area contributed by atoms with Gasteiger partial charge in [0.2, 0.25) is 6.41 Å². The van der Waals surface area contributed by atoms with E-state index in [1.807, 2.05) is 13.8 Å². The van der Waals surface area contributed by atoms with Gasteiger partial charge in [-0.1, -0.05) is 19.9 Å². The van der Waals surface area contributed by atoms with E-state index in [9.17, 15) is 9.00 Å². The summed E-state index contributed by atoms with van der Waals surface area (Å²) in [5.74, 6) is 0. The first kappa shape index (κ1) is 12.8. The van der Waals surface area contributed by atoms with Crippen molar-refractivity contribution in [2.45, 2.75) is 25.8 Å². The molecule has 0 aromatic carbocycles. The molecule has 1 atom stereocenters. The van der Waals surface area contributed by atoms with Crippen LogP contribution in [0.1, 0.15) is 19.5 Å². The highest BCUT2D eigenvalue weighted by Crippen LogP contribution is 2.00. The molecule has 1 heterocycles. The minimum atomic E-state index is -1.52. The molecule has 78 valence electrons. The SMILES string of the molecule is CC.Cc1cccc(S(=O)NC=O)n1. The molecular formula is C9H14N2O2S. The number of amides is 1. The van der Waals surface area contributed by atoms with Gasteiger partial charge in [-0.3, -0.25) is 9.52 Å². The smallest absolute Gasteiger partial charge is 0.219 e. The highest BCUT2D eigenvalue weighted by atomic mass is 32.2. The molecule has 0 saturated heterocycles. The van der Waals surface area contributed by atoms with Crippen LogP contribution in [-0.4, -0.2) is 15.6 Å². The van der Waals surface area contributed by atoms with Gasteiger partial charge in [0, 0.05) is 5.69 Å². The topological polar surface area (TPSA) is 59.1 Å². The van der Waals surface area contributed by atoms with Crippen LogP contribution in [-0.2, 0) is 15.8 Å². The van der Waals surface area contributed by atoms with Crippen LogP contribution in [0.25, 0.3) is 0 Å². The van der Waals surface area contributed by atoms with E-state index < -0.39 is 11.0 Å². The Labute approximate surface area is 86.3 Å². The number of rotatable bonds is 3. The molecule has 0 aliphatic rings. The number of nitrogens with one attached hydrogen (secondary N) is 1. The Morgan fingerprint density at radius 1 is 1.43 bits per heavy atom. The first-order valence-electron chi connectivity index (χ1n) is 4.29. The molecule has 0 saturated carbocycles. The number of hydrogen-bond donors (Lipinski definition) is 1. The summed E-state index contributed by atoms with van der Waals surface area (Å²) in [5.41, 5.74) is 0.772. The Kier molecular flexibility index (Phi) is 6.57. The minimum Gasteiger partial charge on any atom is -0.278 e. The van der Waals surface area contributed by atoms with Crippen molar-refractivity contribution < 1.29 is 9.00 Å². The van der Waals surface area contributed by atoms with Gasteiger partial charge in [-0.25, -0.2) is 9.19 Å². The zero-order valence-corrected chi connectivity index (χ0v) is 9.30. The number of aromatic nitrogens is 1. The third kappa shape index (κ3) is 4.13. The molecule has 0 radical (unpaired) electrons. The minimum absolute atomic E-state index is 0.363. The first-order valence-corrected chi connectivity index (χ1v) is 5.44. The standard InChI is InChI=1S/C7H8N2O2S.C2H6/c1-6-3-2-4-7(9-6)12(11)8-5-10;1-2/h2-5H,1H3,(H,8,10);1-2H3. The predicted molar refractivity (Wildman–Crippen MR) is 55.9 cm³/mol. The van der Waals surface area contributed by atoms with E-state index in [0.29, 0.717) is 11.4 Å². The fourth-order valence-electron chi connectivity index (χ4n) is 0.725. The Bertz CT molecular complexity index is 315. The van der Waals surface area contributed by atoms with Gasteiger partial charge >= 0.3 is 0 Å². The van der Waals surface area contributed by atoms with Crippen LogP contribution in [0.4, 0.5) is 0 Å². The number of carbonyl (C=O) groups excluding carboxylic acids is 1. The lowest BCUT2D eigenvalue weighted by molar-refractivity contribution is -0.108. The molecule has 1 N–H and O–H groups in total. The van der Waals surface area contributed by atoms with Crippen LogP contribution in [0.15, 0.2) is 23.2 Å². The van der Waals surface area contributed by atoms with Gasteiger partial charge in [0.15, 0.2) is 11.0 Å². The number of carbonyl (C=O) groups is 1. The van der Waals surface area contributed by atoms with Crippen molar-refractivity contribution in [2.75, 3.05) is 0 Å². The van der Waals surface area contributed by atoms with Crippen molar-refractivity contribution in [3.63, 3.8) is 0 Å². The number of nitrogens with zero attached hydrogens (tertiary/aromatic N) is 1. The van der Waals surface area contributed by atoms with Crippen LogP contribution >= 0.6 is 0 Å². The fourth-order valence-corrected chi connectivity index (χ4v) is 1.36. The summed E-state index contributed by atoms with van der Waals surface area (Å²) in [7, 11) is -1.52. The molecule has 1 unspecified atom stereocenters. The summed E-state index contributed by atoms with van der Waals surface area (Å²) in [5, 5.41) is 0.363. The highest BCUT2D eigenvalue weighted by molar-refractivity contribution is 7.83. The highest BCUT2D eigenvalue weighted by Gasteiger charge is 2.02. The Hall–Kier alpha value is -1.23. The molecule has 5 heteroatoms. The summed E-state index contributed by atoms with van der Waals surface area (Å²) in [6.07, 6.45) is 0.389. The van der Waals surface area contributed by atoms with Crippen LogP contribution in [0.3, 0.4) is 0 Å². The normalized spacial score (nSPS) is 10.8. The summed E-state index contributed by atoms with van der Waals surface area (Å²) in [6, 6.07) is 5.13. The van der Waals surface area contributed by atoms with Gasteiger partial charge in [-0.05, 0) is 19.1 Å². The Balaban J connectivity index is 0.000000791. The average Bonchev–Trinajstić information content (AvgIpc) is 2.21. The Morgan fingerprint density at radius 3 is 2.57 bits per heavy atom. The second kappa shape index (κ2) is 7.20. The van der Waals surface area contributed by atoms with E-state index in [2.05, 4.69) is 9.71 Å². The van der Waals surface area contributed by atoms with Crippen LogP contribution in [0.2, 0.25) is 0 Å². The molecule has 0 aliphatic heterocycles. The maximum Gasteiger partial charge on any atom is 0.219 e. The number of pyridine rings is 1. The fraction of sp³-hybridized carbons (Fsp3) is 0.333. The lowest BCUT2D eigenvalue weighted by Crippen LogP contribution is -2.15. The van der Waals surface area contributed by atoms with E-state index in [-0.39, 0.29) is 0 Å². The van der Waals surface area contributed by atoms with Gasteiger partial charge in [0.05, 0.1) is 0 Å². The summed E-state index contributed by atoms with van der Waals surface area (Å²) < 4.78 is 13.2. The van der Waals surface area contributed by atoms with Crippen molar-refractivity contribution in [1.82, 2.24) is 9.71 Å². The molecule has 0 aliphatic carbocycles. The van der Waals surface area contributed by atoms with Crippen molar-refractivity contribution in [3.8, 4) is 0 Å². The molecule has 1 aromatic rings. The molecular weight excluding hydrogens is 200 g/mol. The molecule has 1 aromatic heterocycles. The zero-order valence-electron chi connectivity index (χ0n) is 8.48. The molecule has 0 spiro atoms. The average molecular weight is 214 g/mol. The van der Waals surface area contributed by atoms with Gasteiger partial charge < -0.3 is 0 Å². The van der Waals surface area contributed by atoms with Crippen molar-refractivity contribution in [1.29, 1.82) is 0 Å². The zero-order chi connectivity index (χ0) is 11.0. The van der Waals surface area contributed by atoms with Gasteiger partial charge in [-0.15, -0.1) is 0 Å². The van der Waals surface area contributed by atoms with E-state index >= 15 is 0 Å². The van der Waals surface area contributed by atoms with Gasteiger partial charge in [0.25, 0.3) is 0 Å². The molecule has 1 amide bonds. The third-order valence-corrected chi connectivity index (χ3v) is 2.13. The predicted octanol–water partition coefficient (Wildman–Crippen LogP) is 1.18. The molecule has 0 bridgehead atoms. The van der Waals surface area contributed by atoms with Gasteiger partial charge in [0.1, 0.15) is 5.03 Å². The quantitative estimate of drug-likeness (QED) is 0.769. The van der Waals surface area contributed by atoms with E-state index in [1.165, 1.54) is 0 Å². The second-order valence-corrected chi connectivity index (χ2v) is 3.31. The van der Waals surface area contributed by atoms with E-state index in [0.717, 1.165) is 5.69 Å². The third-order valence-electron chi connectivity index (χ3n) is 1.21. The maximum atomic E-state index is 11.1. The van der Waals surface area contributed by atoms with Crippen LogP contribution < -0.4 is 4.72 Å². The second-order valence-electron chi connectivity index (χ2n) is 2.12. The molecule has 1 rings (SSSR count). The maximum absolute atomic E-state index is 11.1. The number of hydrogen-bond acceptors (Lipinski definition) is 3. The van der Waals surface area contributed by atoms with E-state index in [1.54, 1.807) is 25.1 Å². The molecule has 0 fully saturated rings. The summed E-state index contributed by atoms with van der Waals surface area (Å²) >= 11 is 0. The monoisotopic (exact) mass is 214 g/mol. The van der Waals surface area contributed by atoms with Crippen LogP contribution in [0.5, 0.6) is 0 Å².